The third-order valence-corrected chi connectivity index (χ3v) is 2.33. The Morgan fingerprint density at radius 2 is 2.00 bits per heavy atom. The first kappa shape index (κ1) is 13.2. The SMILES string of the molecule is CCCNCc1cccc(COC(C)C)c1. The molecule has 0 aliphatic carbocycles. The molecule has 1 rings (SSSR count). The van der Waals surface area contributed by atoms with Crippen molar-refractivity contribution in [3.05, 3.63) is 35.4 Å². The zero-order chi connectivity index (χ0) is 11.8. The van der Waals surface area contributed by atoms with Gasteiger partial charge in [-0.15, -0.1) is 0 Å². The first-order chi connectivity index (χ1) is 7.72. The zero-order valence-corrected chi connectivity index (χ0v) is 10.6. The lowest BCUT2D eigenvalue weighted by Gasteiger charge is -2.09. The van der Waals surface area contributed by atoms with Gasteiger partial charge in [0.2, 0.25) is 0 Å². The van der Waals surface area contributed by atoms with Crippen LogP contribution in [-0.4, -0.2) is 12.6 Å². The average Bonchev–Trinajstić information content (AvgIpc) is 2.27. The van der Waals surface area contributed by atoms with Gasteiger partial charge in [-0.3, -0.25) is 0 Å². The fourth-order valence-electron chi connectivity index (χ4n) is 1.50. The van der Waals surface area contributed by atoms with Crippen molar-refractivity contribution in [1.82, 2.24) is 5.32 Å². The van der Waals surface area contributed by atoms with E-state index in [1.54, 1.807) is 0 Å². The van der Waals surface area contributed by atoms with Gasteiger partial charge >= 0.3 is 0 Å². The van der Waals surface area contributed by atoms with Crippen molar-refractivity contribution < 1.29 is 4.74 Å². The molecule has 0 aliphatic rings. The van der Waals surface area contributed by atoms with Crippen LogP contribution in [0.5, 0.6) is 0 Å². The van der Waals surface area contributed by atoms with E-state index in [0.29, 0.717) is 12.7 Å². The number of rotatable bonds is 7. The Morgan fingerprint density at radius 3 is 2.69 bits per heavy atom. The van der Waals surface area contributed by atoms with Crippen molar-refractivity contribution in [2.75, 3.05) is 6.54 Å². The Kier molecular flexibility index (Phi) is 6.12. The summed E-state index contributed by atoms with van der Waals surface area (Å²) in [5, 5.41) is 3.40. The Balaban J connectivity index is 2.43. The van der Waals surface area contributed by atoms with Crippen LogP contribution in [0.15, 0.2) is 24.3 Å². The minimum absolute atomic E-state index is 0.293. The first-order valence-corrected chi connectivity index (χ1v) is 6.12. The summed E-state index contributed by atoms with van der Waals surface area (Å²) in [4.78, 5) is 0. The molecule has 0 radical (unpaired) electrons. The fraction of sp³-hybridized carbons (Fsp3) is 0.571. The molecule has 1 N–H and O–H groups in total. The minimum atomic E-state index is 0.293. The maximum absolute atomic E-state index is 5.59. The molecule has 0 amide bonds. The summed E-state index contributed by atoms with van der Waals surface area (Å²) in [6.07, 6.45) is 1.47. The highest BCUT2D eigenvalue weighted by atomic mass is 16.5. The summed E-state index contributed by atoms with van der Waals surface area (Å²) >= 11 is 0. The van der Waals surface area contributed by atoms with Gasteiger partial charge in [-0.1, -0.05) is 31.2 Å². The monoisotopic (exact) mass is 221 g/mol. The van der Waals surface area contributed by atoms with E-state index >= 15 is 0 Å². The van der Waals surface area contributed by atoms with E-state index in [0.717, 1.165) is 13.1 Å². The van der Waals surface area contributed by atoms with Crippen LogP contribution in [0.4, 0.5) is 0 Å². The molecular weight excluding hydrogens is 198 g/mol. The maximum Gasteiger partial charge on any atom is 0.0720 e. The van der Waals surface area contributed by atoms with Crippen molar-refractivity contribution in [2.45, 2.75) is 46.4 Å². The van der Waals surface area contributed by atoms with E-state index in [1.165, 1.54) is 17.5 Å². The van der Waals surface area contributed by atoms with Gasteiger partial charge in [-0.25, -0.2) is 0 Å². The summed E-state index contributed by atoms with van der Waals surface area (Å²) in [7, 11) is 0. The average molecular weight is 221 g/mol. The summed E-state index contributed by atoms with van der Waals surface area (Å²) in [6.45, 7) is 9.04. The largest absolute Gasteiger partial charge is 0.374 e. The van der Waals surface area contributed by atoms with Crippen molar-refractivity contribution in [3.8, 4) is 0 Å². The highest BCUT2D eigenvalue weighted by molar-refractivity contribution is 5.22. The molecule has 0 saturated heterocycles. The summed E-state index contributed by atoms with van der Waals surface area (Å²) < 4.78 is 5.59. The second-order valence-electron chi connectivity index (χ2n) is 4.36. The zero-order valence-electron chi connectivity index (χ0n) is 10.6. The van der Waals surface area contributed by atoms with Crippen LogP contribution >= 0.6 is 0 Å². The number of hydrogen-bond donors (Lipinski definition) is 1. The molecular formula is C14H23NO. The van der Waals surface area contributed by atoms with E-state index in [1.807, 2.05) is 0 Å². The standard InChI is InChI=1S/C14H23NO/c1-4-8-15-10-13-6-5-7-14(9-13)11-16-12(2)3/h5-7,9,12,15H,4,8,10-11H2,1-3H3. The summed E-state index contributed by atoms with van der Waals surface area (Å²) in [6, 6.07) is 8.58. The molecule has 1 aromatic rings. The smallest absolute Gasteiger partial charge is 0.0720 e. The highest BCUT2D eigenvalue weighted by Gasteiger charge is 1.98. The lowest BCUT2D eigenvalue weighted by Crippen LogP contribution is -2.13. The fourth-order valence-corrected chi connectivity index (χ4v) is 1.50. The van der Waals surface area contributed by atoms with E-state index in [2.05, 4.69) is 50.4 Å². The van der Waals surface area contributed by atoms with Crippen molar-refractivity contribution in [2.24, 2.45) is 0 Å². The highest BCUT2D eigenvalue weighted by Crippen LogP contribution is 2.07. The van der Waals surface area contributed by atoms with Gasteiger partial charge < -0.3 is 10.1 Å². The molecule has 2 heteroatoms. The van der Waals surface area contributed by atoms with Crippen LogP contribution in [0, 0.1) is 0 Å². The Hall–Kier alpha value is -0.860. The van der Waals surface area contributed by atoms with Crippen LogP contribution in [0.25, 0.3) is 0 Å². The van der Waals surface area contributed by atoms with Gasteiger partial charge in [-0.2, -0.15) is 0 Å². The van der Waals surface area contributed by atoms with Gasteiger partial charge in [0.05, 0.1) is 12.7 Å². The van der Waals surface area contributed by atoms with Crippen LogP contribution < -0.4 is 5.32 Å². The lowest BCUT2D eigenvalue weighted by molar-refractivity contribution is 0.0657. The molecule has 90 valence electrons. The van der Waals surface area contributed by atoms with Crippen LogP contribution in [0.3, 0.4) is 0 Å². The Bertz CT molecular complexity index is 297. The molecule has 2 nitrogen and oxygen atoms in total. The van der Waals surface area contributed by atoms with Crippen LogP contribution in [-0.2, 0) is 17.9 Å². The molecule has 0 saturated carbocycles. The van der Waals surface area contributed by atoms with Gasteiger partial charge in [0.15, 0.2) is 0 Å². The number of hydrogen-bond acceptors (Lipinski definition) is 2. The van der Waals surface area contributed by atoms with Crippen LogP contribution in [0.2, 0.25) is 0 Å². The summed E-state index contributed by atoms with van der Waals surface area (Å²) in [5.74, 6) is 0. The van der Waals surface area contributed by atoms with Gasteiger partial charge in [0, 0.05) is 6.54 Å². The lowest BCUT2D eigenvalue weighted by atomic mass is 10.1. The quantitative estimate of drug-likeness (QED) is 0.714. The molecule has 0 bridgehead atoms. The van der Waals surface area contributed by atoms with E-state index in [9.17, 15) is 0 Å². The van der Waals surface area contributed by atoms with Gasteiger partial charge in [0.25, 0.3) is 0 Å². The number of ether oxygens (including phenoxy) is 1. The minimum Gasteiger partial charge on any atom is -0.374 e. The second kappa shape index (κ2) is 7.42. The topological polar surface area (TPSA) is 21.3 Å². The summed E-state index contributed by atoms with van der Waals surface area (Å²) in [5.41, 5.74) is 2.59. The number of benzene rings is 1. The third kappa shape index (κ3) is 5.29. The predicted molar refractivity (Wildman–Crippen MR) is 68.4 cm³/mol. The molecule has 0 aromatic heterocycles. The Morgan fingerprint density at radius 1 is 1.25 bits per heavy atom. The molecule has 16 heavy (non-hydrogen) atoms. The molecule has 0 fully saturated rings. The van der Waals surface area contributed by atoms with Gasteiger partial charge in [0.1, 0.15) is 0 Å². The van der Waals surface area contributed by atoms with E-state index in [4.69, 9.17) is 4.74 Å². The van der Waals surface area contributed by atoms with E-state index < -0.39 is 0 Å². The Labute approximate surface area is 99.0 Å². The first-order valence-electron chi connectivity index (χ1n) is 6.12. The maximum atomic E-state index is 5.59. The van der Waals surface area contributed by atoms with Crippen molar-refractivity contribution in [3.63, 3.8) is 0 Å². The normalized spacial score (nSPS) is 11.0. The van der Waals surface area contributed by atoms with Gasteiger partial charge in [-0.05, 0) is 37.9 Å². The predicted octanol–water partition coefficient (Wildman–Crippen LogP) is 3.11. The number of nitrogens with one attached hydrogen (secondary N) is 1. The molecule has 0 atom stereocenters. The third-order valence-electron chi connectivity index (χ3n) is 2.33. The van der Waals surface area contributed by atoms with Crippen molar-refractivity contribution in [1.29, 1.82) is 0 Å². The van der Waals surface area contributed by atoms with E-state index in [-0.39, 0.29) is 0 Å². The second-order valence-corrected chi connectivity index (χ2v) is 4.36. The molecule has 1 aromatic carbocycles. The molecule has 0 aliphatic heterocycles. The molecule has 0 heterocycles. The molecule has 0 unspecified atom stereocenters. The van der Waals surface area contributed by atoms with Crippen LogP contribution in [0.1, 0.15) is 38.3 Å². The van der Waals surface area contributed by atoms with Crippen molar-refractivity contribution >= 4 is 0 Å². The molecule has 0 spiro atoms.